The number of aliphatic carboxylic acids is 2. The predicted molar refractivity (Wildman–Crippen MR) is 134 cm³/mol. The van der Waals surface area contributed by atoms with E-state index >= 15 is 0 Å². The van der Waals surface area contributed by atoms with Gasteiger partial charge in [-0.25, -0.2) is 4.39 Å². The van der Waals surface area contributed by atoms with Gasteiger partial charge in [-0.15, -0.1) is 0 Å². The lowest BCUT2D eigenvalue weighted by Crippen LogP contribution is -2.45. The summed E-state index contributed by atoms with van der Waals surface area (Å²) in [5, 5.41) is 19.8. The molecule has 0 aliphatic carbocycles. The van der Waals surface area contributed by atoms with E-state index in [1.54, 1.807) is 38.1 Å². The van der Waals surface area contributed by atoms with Gasteiger partial charge in [0.25, 0.3) is 0 Å². The molecule has 10 heteroatoms. The molecule has 0 saturated heterocycles. The number of benzene rings is 2. The molecule has 0 aliphatic heterocycles. The maximum atomic E-state index is 13.8. The Morgan fingerprint density at radius 2 is 1.29 bits per heavy atom. The molecule has 0 radical (unpaired) electrons. The van der Waals surface area contributed by atoms with Gasteiger partial charge in [-0.3, -0.25) is 19.2 Å². The zero-order chi connectivity index (χ0) is 28.3. The lowest BCUT2D eigenvalue weighted by Gasteiger charge is -2.35. The Labute approximate surface area is 220 Å². The monoisotopic (exact) mass is 532 g/mol. The number of halogens is 1. The van der Waals surface area contributed by atoms with Crippen LogP contribution in [0.15, 0.2) is 48.5 Å². The van der Waals surface area contributed by atoms with E-state index in [1.165, 1.54) is 19.2 Å². The van der Waals surface area contributed by atoms with Gasteiger partial charge in [0.15, 0.2) is 5.41 Å². The third-order valence-corrected chi connectivity index (χ3v) is 6.54. The van der Waals surface area contributed by atoms with Crippen LogP contribution in [0, 0.1) is 11.2 Å². The van der Waals surface area contributed by atoms with Crippen LogP contribution in [-0.4, -0.2) is 54.4 Å². The summed E-state index contributed by atoms with van der Waals surface area (Å²) in [6.07, 6.45) is -1.21. The van der Waals surface area contributed by atoms with Crippen LogP contribution < -0.4 is 4.74 Å². The lowest BCUT2D eigenvalue weighted by atomic mass is 9.66. The summed E-state index contributed by atoms with van der Waals surface area (Å²) in [5.41, 5.74) is -3.22. The van der Waals surface area contributed by atoms with E-state index in [4.69, 9.17) is 19.3 Å². The number of esters is 2. The molecule has 2 N–H and O–H groups in total. The summed E-state index contributed by atoms with van der Waals surface area (Å²) >= 11 is 0. The Kier molecular flexibility index (Phi) is 10.8. The van der Waals surface area contributed by atoms with Gasteiger partial charge in [0, 0.05) is 6.42 Å². The van der Waals surface area contributed by atoms with Crippen molar-refractivity contribution in [2.24, 2.45) is 5.41 Å². The first-order chi connectivity index (χ1) is 18.1. The van der Waals surface area contributed by atoms with Crippen LogP contribution in [0.3, 0.4) is 0 Å². The molecule has 206 valence electrons. The number of carbonyl (C=O) groups excluding carboxylic acids is 2. The number of hydrogen-bond acceptors (Lipinski definition) is 7. The molecular formula is C28H33FO9. The zero-order valence-electron chi connectivity index (χ0n) is 21.7. The molecule has 0 fully saturated rings. The highest BCUT2D eigenvalue weighted by molar-refractivity contribution is 6.00. The number of hydrogen-bond donors (Lipinski definition) is 2. The number of ether oxygens (including phenoxy) is 3. The van der Waals surface area contributed by atoms with Crippen molar-refractivity contribution in [2.45, 2.75) is 51.4 Å². The van der Waals surface area contributed by atoms with Gasteiger partial charge in [-0.1, -0.05) is 24.3 Å². The van der Waals surface area contributed by atoms with Crippen molar-refractivity contribution in [3.05, 3.63) is 65.5 Å². The predicted octanol–water partition coefficient (Wildman–Crippen LogP) is 4.35. The summed E-state index contributed by atoms with van der Waals surface area (Å²) in [6.45, 7) is 3.00. The second kappa shape index (κ2) is 13.6. The highest BCUT2D eigenvalue weighted by Gasteiger charge is 2.52. The molecule has 0 spiro atoms. The molecule has 38 heavy (non-hydrogen) atoms. The van der Waals surface area contributed by atoms with E-state index in [0.717, 1.165) is 12.1 Å². The van der Waals surface area contributed by atoms with Crippen LogP contribution in [0.5, 0.6) is 5.75 Å². The van der Waals surface area contributed by atoms with Crippen molar-refractivity contribution >= 4 is 23.9 Å². The minimum Gasteiger partial charge on any atom is -0.497 e. The third-order valence-electron chi connectivity index (χ3n) is 6.54. The van der Waals surface area contributed by atoms with Crippen LogP contribution >= 0.6 is 0 Å². The fourth-order valence-corrected chi connectivity index (χ4v) is 4.52. The van der Waals surface area contributed by atoms with Crippen molar-refractivity contribution in [2.75, 3.05) is 20.3 Å². The van der Waals surface area contributed by atoms with Crippen molar-refractivity contribution in [3.63, 3.8) is 0 Å². The number of carboxylic acid groups (broad SMARTS) is 2. The van der Waals surface area contributed by atoms with Gasteiger partial charge >= 0.3 is 23.9 Å². The largest absolute Gasteiger partial charge is 0.497 e. The Morgan fingerprint density at radius 1 is 0.789 bits per heavy atom. The maximum absolute atomic E-state index is 13.8. The summed E-state index contributed by atoms with van der Waals surface area (Å²) in [7, 11) is 1.46. The van der Waals surface area contributed by atoms with Gasteiger partial charge < -0.3 is 24.4 Å². The fraction of sp³-hybridized carbons (Fsp3) is 0.429. The highest BCUT2D eigenvalue weighted by Crippen LogP contribution is 2.44. The number of carboxylic acids is 2. The molecule has 1 unspecified atom stereocenters. The second-order valence-corrected chi connectivity index (χ2v) is 8.72. The summed E-state index contributed by atoms with van der Waals surface area (Å²) in [5.74, 6) is -4.33. The van der Waals surface area contributed by atoms with E-state index in [0.29, 0.717) is 11.3 Å². The molecule has 0 aliphatic rings. The SMILES string of the molecule is CCOC(=O)C(CCCC(=O)O)(CCC(C(=O)O)(c1ccc(F)cc1)c1ccc(OC)cc1)C(=O)OCC. The van der Waals surface area contributed by atoms with Crippen molar-refractivity contribution in [3.8, 4) is 5.75 Å². The average Bonchev–Trinajstić information content (AvgIpc) is 2.89. The molecule has 0 aromatic heterocycles. The molecular weight excluding hydrogens is 499 g/mol. The maximum Gasteiger partial charge on any atom is 0.323 e. The molecule has 0 heterocycles. The van der Waals surface area contributed by atoms with Crippen molar-refractivity contribution < 1.29 is 48.0 Å². The molecule has 2 aromatic carbocycles. The average molecular weight is 533 g/mol. The van der Waals surface area contributed by atoms with Gasteiger partial charge in [0.1, 0.15) is 17.0 Å². The van der Waals surface area contributed by atoms with Crippen LogP contribution in [0.2, 0.25) is 0 Å². The van der Waals surface area contributed by atoms with E-state index in [9.17, 15) is 28.7 Å². The van der Waals surface area contributed by atoms with E-state index in [2.05, 4.69) is 0 Å². The second-order valence-electron chi connectivity index (χ2n) is 8.72. The minimum absolute atomic E-state index is 0.0495. The Hall–Kier alpha value is -3.95. The fourth-order valence-electron chi connectivity index (χ4n) is 4.52. The summed E-state index contributed by atoms with van der Waals surface area (Å²) in [4.78, 5) is 50.7. The van der Waals surface area contributed by atoms with Crippen molar-refractivity contribution in [1.29, 1.82) is 0 Å². The Bertz CT molecular complexity index is 1090. The summed E-state index contributed by atoms with van der Waals surface area (Å²) < 4.78 is 29.4. The summed E-state index contributed by atoms with van der Waals surface area (Å²) in [6, 6.07) is 11.2. The van der Waals surface area contributed by atoms with Crippen LogP contribution in [0.25, 0.3) is 0 Å². The van der Waals surface area contributed by atoms with Gasteiger partial charge in [0.2, 0.25) is 0 Å². The van der Waals surface area contributed by atoms with Crippen molar-refractivity contribution in [1.82, 2.24) is 0 Å². The van der Waals surface area contributed by atoms with Crippen LogP contribution in [0.1, 0.15) is 57.1 Å². The Balaban J connectivity index is 2.70. The molecule has 2 rings (SSSR count). The standard InChI is InChI=1S/C28H33FO9/c1-4-37-25(34)27(26(35)38-5-2,16-6-7-23(30)31)17-18-28(24(32)33,19-8-12-21(29)13-9-19)20-10-14-22(36-3)15-11-20/h8-15H,4-7,16-18H2,1-3H3,(H,30,31)(H,32,33). The third kappa shape index (κ3) is 6.67. The van der Waals surface area contributed by atoms with Gasteiger partial charge in [0.05, 0.1) is 20.3 Å². The Morgan fingerprint density at radius 3 is 1.71 bits per heavy atom. The molecule has 0 amide bonds. The zero-order valence-corrected chi connectivity index (χ0v) is 21.7. The first-order valence-corrected chi connectivity index (χ1v) is 12.3. The number of rotatable bonds is 15. The van der Waals surface area contributed by atoms with E-state index in [1.807, 2.05) is 0 Å². The van der Waals surface area contributed by atoms with Gasteiger partial charge in [-0.05, 0) is 74.9 Å². The van der Waals surface area contributed by atoms with Gasteiger partial charge in [-0.2, -0.15) is 0 Å². The first kappa shape index (κ1) is 30.3. The molecule has 9 nitrogen and oxygen atoms in total. The molecule has 1 atom stereocenters. The minimum atomic E-state index is -1.95. The quantitative estimate of drug-likeness (QED) is 0.253. The molecule has 0 bridgehead atoms. The topological polar surface area (TPSA) is 136 Å². The smallest absolute Gasteiger partial charge is 0.323 e. The highest BCUT2D eigenvalue weighted by atomic mass is 19.1. The first-order valence-electron chi connectivity index (χ1n) is 12.3. The molecule has 2 aromatic rings. The molecule has 0 saturated carbocycles. The van der Waals surface area contributed by atoms with E-state index < -0.39 is 40.5 Å². The van der Waals surface area contributed by atoms with E-state index in [-0.39, 0.29) is 50.9 Å². The normalized spacial score (nSPS) is 12.7. The van der Waals surface area contributed by atoms with Crippen LogP contribution in [0.4, 0.5) is 4.39 Å². The van der Waals surface area contributed by atoms with Crippen LogP contribution in [-0.2, 0) is 34.1 Å². The lowest BCUT2D eigenvalue weighted by molar-refractivity contribution is -0.174. The number of carbonyl (C=O) groups is 4. The number of methoxy groups -OCH3 is 1.